The maximum absolute atomic E-state index is 10.5. The number of ether oxygens (including phenoxy) is 1. The summed E-state index contributed by atoms with van der Waals surface area (Å²) < 4.78 is 7.32. The van der Waals surface area contributed by atoms with E-state index in [1.165, 1.54) is 0 Å². The lowest BCUT2D eigenvalue weighted by Crippen LogP contribution is -2.25. The molecule has 17 heavy (non-hydrogen) atoms. The number of rotatable bonds is 5. The zero-order valence-electron chi connectivity index (χ0n) is 9.82. The third-order valence-corrected chi connectivity index (χ3v) is 3.12. The zero-order valence-corrected chi connectivity index (χ0v) is 9.82. The lowest BCUT2D eigenvalue weighted by Gasteiger charge is -2.16. The van der Waals surface area contributed by atoms with Crippen molar-refractivity contribution >= 4 is 5.97 Å². The minimum Gasteiger partial charge on any atom is -0.481 e. The van der Waals surface area contributed by atoms with E-state index in [9.17, 15) is 4.79 Å². The Balaban J connectivity index is 1.96. The Kier molecular flexibility index (Phi) is 3.75. The Morgan fingerprint density at radius 1 is 1.59 bits per heavy atom. The molecule has 0 amide bonds. The highest BCUT2D eigenvalue weighted by Crippen LogP contribution is 2.23. The average molecular weight is 239 g/mol. The molecule has 2 rings (SSSR count). The van der Waals surface area contributed by atoms with E-state index in [4.69, 9.17) is 9.84 Å². The summed E-state index contributed by atoms with van der Waals surface area (Å²) >= 11 is 0. The second-order valence-corrected chi connectivity index (χ2v) is 4.23. The molecule has 1 aromatic heterocycles. The van der Waals surface area contributed by atoms with Crippen molar-refractivity contribution < 1.29 is 14.6 Å². The van der Waals surface area contributed by atoms with Gasteiger partial charge in [0.1, 0.15) is 0 Å². The number of carboxylic acid groups (broad SMARTS) is 1. The minimum atomic E-state index is -0.762. The van der Waals surface area contributed by atoms with Crippen LogP contribution in [0.25, 0.3) is 0 Å². The molecule has 94 valence electrons. The first-order chi connectivity index (χ1) is 8.20. The number of likely N-dealkylation sites (tertiary alicyclic amines) is 1. The number of carboxylic acids is 1. The van der Waals surface area contributed by atoms with Gasteiger partial charge in [-0.05, 0) is 6.07 Å². The van der Waals surface area contributed by atoms with Crippen LogP contribution in [-0.2, 0) is 9.53 Å². The molecule has 1 saturated heterocycles. The molecular formula is C11H17N3O3. The summed E-state index contributed by atoms with van der Waals surface area (Å²) in [6, 6.07) is 2.05. The maximum Gasteiger partial charge on any atom is 0.304 e. The maximum atomic E-state index is 10.5. The number of nitrogens with zero attached hydrogens (tertiary/aromatic N) is 3. The summed E-state index contributed by atoms with van der Waals surface area (Å²) in [6.07, 6.45) is 3.90. The summed E-state index contributed by atoms with van der Waals surface area (Å²) in [5, 5.41) is 12.9. The molecule has 0 spiro atoms. The van der Waals surface area contributed by atoms with Crippen LogP contribution in [0.1, 0.15) is 12.5 Å². The van der Waals surface area contributed by atoms with Crippen LogP contribution in [0.2, 0.25) is 0 Å². The van der Waals surface area contributed by atoms with Crippen LogP contribution in [0.5, 0.6) is 0 Å². The van der Waals surface area contributed by atoms with Gasteiger partial charge in [0.15, 0.2) is 0 Å². The number of hydrogen-bond acceptors (Lipinski definition) is 4. The fourth-order valence-electron chi connectivity index (χ4n) is 2.23. The monoisotopic (exact) mass is 239 g/mol. The van der Waals surface area contributed by atoms with Gasteiger partial charge in [-0.15, -0.1) is 0 Å². The largest absolute Gasteiger partial charge is 0.481 e. The molecule has 0 aromatic carbocycles. The van der Waals surface area contributed by atoms with Gasteiger partial charge in [0.05, 0.1) is 18.6 Å². The SMILES string of the molecule is CO[C@@H]1CN(CCC(=O)O)C[C@H]1n1cccn1. The van der Waals surface area contributed by atoms with Crippen LogP contribution in [0.4, 0.5) is 0 Å². The third-order valence-electron chi connectivity index (χ3n) is 3.12. The fraction of sp³-hybridized carbons (Fsp3) is 0.636. The lowest BCUT2D eigenvalue weighted by molar-refractivity contribution is -0.137. The summed E-state index contributed by atoms with van der Waals surface area (Å²) in [5.74, 6) is -0.762. The highest BCUT2D eigenvalue weighted by Gasteiger charge is 2.34. The fourth-order valence-corrected chi connectivity index (χ4v) is 2.23. The first kappa shape index (κ1) is 12.1. The summed E-state index contributed by atoms with van der Waals surface area (Å²) in [5.41, 5.74) is 0. The smallest absolute Gasteiger partial charge is 0.304 e. The van der Waals surface area contributed by atoms with Gasteiger partial charge in [-0.3, -0.25) is 14.4 Å². The van der Waals surface area contributed by atoms with Crippen molar-refractivity contribution in [2.75, 3.05) is 26.7 Å². The Morgan fingerprint density at radius 2 is 2.41 bits per heavy atom. The van der Waals surface area contributed by atoms with Crippen molar-refractivity contribution in [1.29, 1.82) is 0 Å². The molecule has 0 aliphatic carbocycles. The van der Waals surface area contributed by atoms with Gasteiger partial charge in [-0.25, -0.2) is 0 Å². The first-order valence-electron chi connectivity index (χ1n) is 5.67. The molecule has 6 nitrogen and oxygen atoms in total. The van der Waals surface area contributed by atoms with E-state index < -0.39 is 5.97 Å². The second-order valence-electron chi connectivity index (χ2n) is 4.23. The van der Waals surface area contributed by atoms with Crippen molar-refractivity contribution in [1.82, 2.24) is 14.7 Å². The average Bonchev–Trinajstić information content (AvgIpc) is 2.94. The Bertz CT molecular complexity index is 366. The van der Waals surface area contributed by atoms with Crippen LogP contribution < -0.4 is 0 Å². The number of aromatic nitrogens is 2. The molecule has 1 aliphatic rings. The molecule has 6 heteroatoms. The first-order valence-corrected chi connectivity index (χ1v) is 5.67. The van der Waals surface area contributed by atoms with Crippen LogP contribution in [0, 0.1) is 0 Å². The van der Waals surface area contributed by atoms with Crippen molar-refractivity contribution in [3.05, 3.63) is 18.5 Å². The van der Waals surface area contributed by atoms with E-state index in [0.717, 1.165) is 13.1 Å². The number of carbonyl (C=O) groups is 1. The number of hydrogen-bond donors (Lipinski definition) is 1. The van der Waals surface area contributed by atoms with Crippen LogP contribution in [0.15, 0.2) is 18.5 Å². The zero-order chi connectivity index (χ0) is 12.3. The molecule has 0 saturated carbocycles. The van der Waals surface area contributed by atoms with Crippen molar-refractivity contribution in [3.63, 3.8) is 0 Å². The predicted octanol–water partition coefficient (Wildman–Crippen LogP) is 0.229. The van der Waals surface area contributed by atoms with Gasteiger partial charge in [0, 0.05) is 39.1 Å². The summed E-state index contributed by atoms with van der Waals surface area (Å²) in [6.45, 7) is 2.11. The van der Waals surface area contributed by atoms with Crippen molar-refractivity contribution in [2.24, 2.45) is 0 Å². The molecule has 2 atom stereocenters. The Labute approximate surface area is 99.8 Å². The molecule has 0 radical (unpaired) electrons. The number of methoxy groups -OCH3 is 1. The van der Waals surface area contributed by atoms with E-state index in [2.05, 4.69) is 10.00 Å². The van der Waals surface area contributed by atoms with Gasteiger partial charge in [0.25, 0.3) is 0 Å². The molecule has 0 bridgehead atoms. The molecule has 1 N–H and O–H groups in total. The summed E-state index contributed by atoms with van der Waals surface area (Å²) in [4.78, 5) is 12.6. The summed E-state index contributed by atoms with van der Waals surface area (Å²) in [7, 11) is 1.68. The van der Waals surface area contributed by atoms with E-state index in [1.54, 1.807) is 13.3 Å². The van der Waals surface area contributed by atoms with Crippen molar-refractivity contribution in [3.8, 4) is 0 Å². The normalized spacial score (nSPS) is 25.2. The molecule has 0 unspecified atom stereocenters. The van der Waals surface area contributed by atoms with Crippen LogP contribution >= 0.6 is 0 Å². The third kappa shape index (κ3) is 2.83. The van der Waals surface area contributed by atoms with Crippen molar-refractivity contribution in [2.45, 2.75) is 18.6 Å². The van der Waals surface area contributed by atoms with Gasteiger partial charge in [0.2, 0.25) is 0 Å². The van der Waals surface area contributed by atoms with Crippen LogP contribution in [0.3, 0.4) is 0 Å². The topological polar surface area (TPSA) is 67.6 Å². The Morgan fingerprint density at radius 3 is 3.00 bits per heavy atom. The van der Waals surface area contributed by atoms with Gasteiger partial charge in [-0.2, -0.15) is 5.10 Å². The second kappa shape index (κ2) is 5.29. The Hall–Kier alpha value is -1.40. The van der Waals surface area contributed by atoms with E-state index >= 15 is 0 Å². The van der Waals surface area contributed by atoms with E-state index in [0.29, 0.717) is 6.54 Å². The molecule has 1 fully saturated rings. The number of aliphatic carboxylic acids is 1. The van der Waals surface area contributed by atoms with Gasteiger partial charge >= 0.3 is 5.97 Å². The minimum absolute atomic E-state index is 0.0729. The quantitative estimate of drug-likeness (QED) is 0.796. The van der Waals surface area contributed by atoms with Gasteiger partial charge < -0.3 is 9.84 Å². The molecule has 1 aliphatic heterocycles. The molecular weight excluding hydrogens is 222 g/mol. The highest BCUT2D eigenvalue weighted by molar-refractivity contribution is 5.66. The van der Waals surface area contributed by atoms with Gasteiger partial charge in [-0.1, -0.05) is 0 Å². The molecule has 1 aromatic rings. The van der Waals surface area contributed by atoms with E-state index in [-0.39, 0.29) is 18.6 Å². The highest BCUT2D eigenvalue weighted by atomic mass is 16.5. The van der Waals surface area contributed by atoms with Crippen LogP contribution in [-0.4, -0.2) is 58.6 Å². The predicted molar refractivity (Wildman–Crippen MR) is 60.8 cm³/mol. The standard InChI is InChI=1S/C11H17N3O3/c1-17-10-8-13(6-3-11(15)16)7-9(10)14-5-2-4-12-14/h2,4-5,9-10H,3,6-8H2,1H3,(H,15,16)/t9-,10-/m1/s1. The lowest BCUT2D eigenvalue weighted by atomic mass is 10.2. The molecule has 2 heterocycles. The van der Waals surface area contributed by atoms with E-state index in [1.807, 2.05) is 16.9 Å².